The van der Waals surface area contributed by atoms with Crippen LogP contribution < -0.4 is 5.73 Å². The monoisotopic (exact) mass is 289 g/mol. The fourth-order valence-electron chi connectivity index (χ4n) is 2.45. The third kappa shape index (κ3) is 11.3. The fraction of sp³-hybridized carbons (Fsp3) is 0.800. The molecule has 2 N–H and O–H groups in total. The Bertz CT molecular complexity index is 173. The molecule has 1 saturated carbocycles. The number of carbonyl (C=O) groups is 1. The van der Waals surface area contributed by atoms with E-state index in [-0.39, 0.29) is 48.4 Å². The zero-order valence-electron chi connectivity index (χ0n) is 12.3. The number of amides is 1. The van der Waals surface area contributed by atoms with Gasteiger partial charge in [0.25, 0.3) is 0 Å². The van der Waals surface area contributed by atoms with E-state index in [1.165, 1.54) is 57.8 Å². The minimum Gasteiger partial charge on any atom is -0.369 e. The predicted octanol–water partition coefficient (Wildman–Crippen LogP) is 4.29. The van der Waals surface area contributed by atoms with E-state index in [0.717, 1.165) is 12.8 Å². The summed E-state index contributed by atoms with van der Waals surface area (Å²) in [7, 11) is 0. The molecule has 0 aromatic carbocycles. The van der Waals surface area contributed by atoms with Crippen molar-refractivity contribution >= 4 is 5.91 Å². The van der Waals surface area contributed by atoms with Gasteiger partial charge in [-0.15, -0.1) is 0 Å². The second kappa shape index (κ2) is 15.2. The zero-order valence-corrected chi connectivity index (χ0v) is 13.9. The molecule has 0 aromatic rings. The molecule has 0 heterocycles. The predicted molar refractivity (Wildman–Crippen MR) is 76.3 cm³/mol. The van der Waals surface area contributed by atoms with Crippen molar-refractivity contribution in [3.8, 4) is 0 Å². The van der Waals surface area contributed by atoms with Gasteiger partial charge in [0.2, 0.25) is 5.91 Å². The Kier molecular flexibility index (Phi) is 19.7. The summed E-state index contributed by atoms with van der Waals surface area (Å²) in [5, 5.41) is 0. The fourth-order valence-corrected chi connectivity index (χ4v) is 2.45. The Balaban J connectivity index is -0.000000750. The maximum atomic E-state index is 11.2. The largest absolute Gasteiger partial charge is 2.00 e. The van der Waals surface area contributed by atoms with Crippen molar-refractivity contribution in [3.05, 3.63) is 14.9 Å². The summed E-state index contributed by atoms with van der Waals surface area (Å²) in [6, 6.07) is 0. The number of nitrogens with two attached hydrogens (primary N) is 1. The molecular formula is C15H31NOTi. The van der Waals surface area contributed by atoms with Gasteiger partial charge in [-0.2, -0.15) is 0 Å². The Morgan fingerprint density at radius 1 is 0.722 bits per heavy atom. The number of carbonyl (C=O) groups excluding carboxylic acids is 1. The van der Waals surface area contributed by atoms with E-state index in [1.54, 1.807) is 0 Å². The van der Waals surface area contributed by atoms with Gasteiger partial charge in [0.15, 0.2) is 0 Å². The van der Waals surface area contributed by atoms with Gasteiger partial charge in [0.05, 0.1) is 0 Å². The van der Waals surface area contributed by atoms with E-state index in [1.807, 2.05) is 0 Å². The SMILES string of the molecule is NC(=O)C1CCCCCCCCCCC1.[CH3-].[CH3-].[Ti+2]. The third-order valence-corrected chi connectivity index (χ3v) is 3.51. The molecule has 2 nitrogen and oxygen atoms in total. The molecule has 0 aliphatic heterocycles. The van der Waals surface area contributed by atoms with E-state index in [0.29, 0.717) is 0 Å². The molecule has 0 atom stereocenters. The van der Waals surface area contributed by atoms with Gasteiger partial charge in [0.1, 0.15) is 0 Å². The van der Waals surface area contributed by atoms with Crippen molar-refractivity contribution in [2.75, 3.05) is 0 Å². The van der Waals surface area contributed by atoms with Crippen LogP contribution in [0.3, 0.4) is 0 Å². The maximum Gasteiger partial charge on any atom is 2.00 e. The van der Waals surface area contributed by atoms with Gasteiger partial charge in [-0.1, -0.05) is 57.8 Å². The van der Waals surface area contributed by atoms with Crippen molar-refractivity contribution in [3.63, 3.8) is 0 Å². The number of hydrogen-bond acceptors (Lipinski definition) is 1. The van der Waals surface area contributed by atoms with E-state index in [2.05, 4.69) is 0 Å². The summed E-state index contributed by atoms with van der Waals surface area (Å²) < 4.78 is 0. The second-order valence-corrected chi connectivity index (χ2v) is 4.86. The minimum atomic E-state index is -0.0768. The van der Waals surface area contributed by atoms with Crippen molar-refractivity contribution in [2.24, 2.45) is 11.7 Å². The van der Waals surface area contributed by atoms with Gasteiger partial charge in [0, 0.05) is 5.92 Å². The topological polar surface area (TPSA) is 43.1 Å². The van der Waals surface area contributed by atoms with Gasteiger partial charge in [-0.3, -0.25) is 4.79 Å². The summed E-state index contributed by atoms with van der Waals surface area (Å²) in [4.78, 5) is 11.2. The molecule has 1 aliphatic carbocycles. The van der Waals surface area contributed by atoms with Crippen LogP contribution in [0.15, 0.2) is 0 Å². The average Bonchev–Trinajstić information content (AvgIpc) is 2.18. The summed E-state index contributed by atoms with van der Waals surface area (Å²) in [6.07, 6.45) is 13.8. The molecule has 3 heteroatoms. The van der Waals surface area contributed by atoms with Crippen LogP contribution in [0.2, 0.25) is 0 Å². The van der Waals surface area contributed by atoms with Crippen LogP contribution in [0.25, 0.3) is 0 Å². The summed E-state index contributed by atoms with van der Waals surface area (Å²) in [5.41, 5.74) is 5.41. The summed E-state index contributed by atoms with van der Waals surface area (Å²) in [5.74, 6) is 0.0801. The van der Waals surface area contributed by atoms with Crippen molar-refractivity contribution in [1.29, 1.82) is 0 Å². The average molecular weight is 289 g/mol. The molecule has 0 unspecified atom stereocenters. The van der Waals surface area contributed by atoms with Crippen molar-refractivity contribution in [1.82, 2.24) is 0 Å². The van der Waals surface area contributed by atoms with Crippen LogP contribution in [0.1, 0.15) is 70.6 Å². The normalized spacial score (nSPS) is 18.9. The number of rotatable bonds is 1. The first-order chi connectivity index (χ1) is 7.30. The van der Waals surface area contributed by atoms with E-state index in [4.69, 9.17) is 5.73 Å². The Morgan fingerprint density at radius 2 is 1.00 bits per heavy atom. The molecule has 1 fully saturated rings. The molecule has 1 aliphatic rings. The van der Waals surface area contributed by atoms with Crippen LogP contribution in [-0.4, -0.2) is 5.91 Å². The zero-order chi connectivity index (χ0) is 10.9. The standard InChI is InChI=1S/C13H25NO.2CH3.Ti/c14-13(15)12-10-8-6-4-2-1-3-5-7-9-11-12;;;/h12H,1-11H2,(H2,14,15);2*1H3;/q;2*-1;+2. The Labute approximate surface area is 129 Å². The molecule has 0 bridgehead atoms. The van der Waals surface area contributed by atoms with Crippen LogP contribution in [0.4, 0.5) is 0 Å². The minimum absolute atomic E-state index is 0. The molecule has 1 amide bonds. The van der Waals surface area contributed by atoms with Crippen molar-refractivity contribution in [2.45, 2.75) is 70.6 Å². The van der Waals surface area contributed by atoms with E-state index in [9.17, 15) is 4.79 Å². The smallest absolute Gasteiger partial charge is 0.369 e. The molecule has 106 valence electrons. The van der Waals surface area contributed by atoms with E-state index >= 15 is 0 Å². The third-order valence-electron chi connectivity index (χ3n) is 3.51. The maximum absolute atomic E-state index is 11.2. The number of primary amides is 1. The first kappa shape index (κ1) is 23.3. The van der Waals surface area contributed by atoms with Crippen LogP contribution in [0, 0.1) is 20.8 Å². The van der Waals surface area contributed by atoms with Gasteiger partial charge in [-0.25, -0.2) is 0 Å². The molecular weight excluding hydrogens is 258 g/mol. The van der Waals surface area contributed by atoms with Crippen LogP contribution in [-0.2, 0) is 26.5 Å². The quantitative estimate of drug-likeness (QED) is 0.568. The second-order valence-electron chi connectivity index (χ2n) is 4.86. The van der Waals surface area contributed by atoms with Crippen LogP contribution in [0.5, 0.6) is 0 Å². The molecule has 0 radical (unpaired) electrons. The van der Waals surface area contributed by atoms with Gasteiger partial charge >= 0.3 is 21.7 Å². The van der Waals surface area contributed by atoms with Gasteiger partial charge < -0.3 is 20.6 Å². The Morgan fingerprint density at radius 3 is 1.28 bits per heavy atom. The molecule has 18 heavy (non-hydrogen) atoms. The molecule has 1 rings (SSSR count). The summed E-state index contributed by atoms with van der Waals surface area (Å²) in [6.45, 7) is 0. The van der Waals surface area contributed by atoms with Crippen molar-refractivity contribution < 1.29 is 26.5 Å². The Hall–Kier alpha value is 0.184. The summed E-state index contributed by atoms with van der Waals surface area (Å²) >= 11 is 0. The van der Waals surface area contributed by atoms with Crippen LogP contribution >= 0.6 is 0 Å². The molecule has 0 spiro atoms. The first-order valence-electron chi connectivity index (χ1n) is 6.60. The molecule has 0 saturated heterocycles. The number of hydrogen-bond donors (Lipinski definition) is 1. The first-order valence-corrected chi connectivity index (χ1v) is 6.60. The van der Waals surface area contributed by atoms with Gasteiger partial charge in [-0.05, 0) is 12.8 Å². The van der Waals surface area contributed by atoms with E-state index < -0.39 is 0 Å². The molecule has 0 aromatic heterocycles.